The van der Waals surface area contributed by atoms with Crippen molar-refractivity contribution < 1.29 is 31.1 Å². The van der Waals surface area contributed by atoms with Crippen LogP contribution in [0.15, 0.2) is 42.6 Å². The molecule has 0 unspecified atom stereocenters. The topological polar surface area (TPSA) is 77.1 Å². The quantitative estimate of drug-likeness (QED) is 0.390. The van der Waals surface area contributed by atoms with E-state index in [0.29, 0.717) is 6.07 Å². The third-order valence-corrected chi connectivity index (χ3v) is 5.08. The monoisotopic (exact) mass is 502 g/mol. The molecule has 4 aromatic rings. The lowest BCUT2D eigenvalue weighted by Gasteiger charge is -2.20. The fourth-order valence-corrected chi connectivity index (χ4v) is 3.34. The summed E-state index contributed by atoms with van der Waals surface area (Å²) in [6.45, 7) is 1.19. The largest absolute Gasteiger partial charge is 0.459 e. The molecule has 7 nitrogen and oxygen atoms in total. The minimum Gasteiger partial charge on any atom is -0.304 e. The fourth-order valence-electron chi connectivity index (χ4n) is 3.12. The van der Waals surface area contributed by atoms with Crippen LogP contribution in [-0.4, -0.2) is 36.5 Å². The molecule has 0 saturated heterocycles. The van der Waals surface area contributed by atoms with Gasteiger partial charge in [-0.15, -0.1) is 0 Å². The van der Waals surface area contributed by atoms with Gasteiger partial charge in [-0.2, -0.15) is 32.1 Å². The normalized spacial score (nSPS) is 12.4. The van der Waals surface area contributed by atoms with Crippen molar-refractivity contribution in [2.45, 2.75) is 25.6 Å². The SMILES string of the molecule is Cc1cc(C(F)(F)C(F)(F)F)n2nc(C(=O)Nc3ccn(Cc4c(F)cccc4Cl)n3)cc2n1. The van der Waals surface area contributed by atoms with Crippen LogP contribution < -0.4 is 5.32 Å². The van der Waals surface area contributed by atoms with Gasteiger partial charge in [-0.05, 0) is 25.1 Å². The molecule has 0 spiro atoms. The molecule has 0 saturated carbocycles. The number of amides is 1. The maximum atomic E-state index is 14.0. The second-order valence-corrected chi connectivity index (χ2v) is 7.61. The standard InChI is InChI=1S/C20H13ClF6N6O/c1-10-7-15(19(23,24)20(25,26)27)33-17(28-10)8-14(30-33)18(34)29-16-5-6-32(31-16)9-11-12(21)3-2-4-13(11)22/h2-8H,9H2,1H3,(H,29,31,34). The third kappa shape index (κ3) is 4.30. The number of halogens is 7. The van der Waals surface area contributed by atoms with Gasteiger partial charge in [0.2, 0.25) is 0 Å². The molecule has 0 aliphatic carbocycles. The maximum Gasteiger partial charge on any atom is 0.459 e. The van der Waals surface area contributed by atoms with Crippen LogP contribution in [0.25, 0.3) is 5.65 Å². The van der Waals surface area contributed by atoms with Gasteiger partial charge < -0.3 is 5.32 Å². The lowest BCUT2D eigenvalue weighted by molar-refractivity contribution is -0.291. The first-order valence-electron chi connectivity index (χ1n) is 9.47. The summed E-state index contributed by atoms with van der Waals surface area (Å²) < 4.78 is 82.3. The number of aryl methyl sites for hydroxylation is 1. The van der Waals surface area contributed by atoms with E-state index in [1.807, 2.05) is 0 Å². The van der Waals surface area contributed by atoms with Crippen molar-refractivity contribution in [3.05, 3.63) is 76.1 Å². The Bertz CT molecular complexity index is 1380. The summed E-state index contributed by atoms with van der Waals surface area (Å²) in [4.78, 5) is 16.4. The highest BCUT2D eigenvalue weighted by atomic mass is 35.5. The molecular formula is C20H13ClF6N6O. The summed E-state index contributed by atoms with van der Waals surface area (Å²) >= 11 is 5.98. The molecule has 0 aliphatic rings. The predicted molar refractivity (Wildman–Crippen MR) is 108 cm³/mol. The smallest absolute Gasteiger partial charge is 0.304 e. The highest BCUT2D eigenvalue weighted by Gasteiger charge is 2.60. The van der Waals surface area contributed by atoms with Gasteiger partial charge in [-0.1, -0.05) is 17.7 Å². The molecule has 1 aromatic carbocycles. The van der Waals surface area contributed by atoms with Gasteiger partial charge in [-0.3, -0.25) is 9.48 Å². The zero-order chi connectivity index (χ0) is 24.8. The predicted octanol–water partition coefficient (Wildman–Crippen LogP) is 4.98. The zero-order valence-electron chi connectivity index (χ0n) is 17.0. The average Bonchev–Trinajstić information content (AvgIpc) is 3.36. The summed E-state index contributed by atoms with van der Waals surface area (Å²) in [6, 6.07) is 7.05. The Labute approximate surface area is 192 Å². The molecule has 3 aromatic heterocycles. The highest BCUT2D eigenvalue weighted by Crippen LogP contribution is 2.43. The van der Waals surface area contributed by atoms with Crippen LogP contribution in [0, 0.1) is 12.7 Å². The number of anilines is 1. The summed E-state index contributed by atoms with van der Waals surface area (Å²) in [5.74, 6) is -6.71. The average molecular weight is 503 g/mol. The molecule has 0 atom stereocenters. The fraction of sp³-hybridized carbons (Fsp3) is 0.200. The van der Waals surface area contributed by atoms with Crippen LogP contribution in [-0.2, 0) is 12.5 Å². The zero-order valence-corrected chi connectivity index (χ0v) is 17.8. The van der Waals surface area contributed by atoms with Gasteiger partial charge in [-0.25, -0.2) is 13.9 Å². The van der Waals surface area contributed by atoms with Gasteiger partial charge in [0.15, 0.2) is 17.2 Å². The number of carbonyl (C=O) groups excluding carboxylic acids is 1. The number of rotatable bonds is 5. The summed E-state index contributed by atoms with van der Waals surface area (Å²) in [5.41, 5.74) is -2.27. The molecule has 14 heteroatoms. The summed E-state index contributed by atoms with van der Waals surface area (Å²) in [5, 5.41) is 10.2. The molecule has 0 radical (unpaired) electrons. The van der Waals surface area contributed by atoms with Crippen molar-refractivity contribution >= 4 is 29.0 Å². The number of hydrogen-bond acceptors (Lipinski definition) is 4. The van der Waals surface area contributed by atoms with E-state index in [2.05, 4.69) is 20.5 Å². The van der Waals surface area contributed by atoms with Crippen molar-refractivity contribution in [1.82, 2.24) is 24.4 Å². The van der Waals surface area contributed by atoms with E-state index in [1.54, 1.807) is 0 Å². The van der Waals surface area contributed by atoms with Gasteiger partial charge in [0.05, 0.1) is 6.54 Å². The Hall–Kier alpha value is -3.61. The minimum atomic E-state index is -5.88. The van der Waals surface area contributed by atoms with E-state index < -0.39 is 35.2 Å². The number of aromatic nitrogens is 5. The van der Waals surface area contributed by atoms with Crippen molar-refractivity contribution in [2.24, 2.45) is 0 Å². The van der Waals surface area contributed by atoms with E-state index in [9.17, 15) is 31.1 Å². The minimum absolute atomic E-state index is 0.000461. The van der Waals surface area contributed by atoms with Crippen molar-refractivity contribution in [3.8, 4) is 0 Å². The number of carbonyl (C=O) groups is 1. The van der Waals surface area contributed by atoms with E-state index in [1.165, 1.54) is 42.1 Å². The Morgan fingerprint density at radius 1 is 1.12 bits per heavy atom. The van der Waals surface area contributed by atoms with E-state index in [-0.39, 0.29) is 38.8 Å². The Morgan fingerprint density at radius 2 is 1.85 bits per heavy atom. The van der Waals surface area contributed by atoms with Crippen LogP contribution in [0.2, 0.25) is 5.02 Å². The first kappa shape index (κ1) is 23.5. The van der Waals surface area contributed by atoms with Crippen molar-refractivity contribution in [1.29, 1.82) is 0 Å². The van der Waals surface area contributed by atoms with Crippen molar-refractivity contribution in [2.75, 3.05) is 5.32 Å². The molecule has 34 heavy (non-hydrogen) atoms. The van der Waals surface area contributed by atoms with Gasteiger partial charge in [0, 0.05) is 34.6 Å². The highest BCUT2D eigenvalue weighted by molar-refractivity contribution is 6.31. The van der Waals surface area contributed by atoms with Crippen LogP contribution in [0.1, 0.15) is 27.4 Å². The maximum absolute atomic E-state index is 14.0. The second kappa shape index (κ2) is 8.31. The molecule has 1 N–H and O–H groups in total. The molecule has 3 heterocycles. The Balaban J connectivity index is 1.59. The molecule has 178 valence electrons. The van der Waals surface area contributed by atoms with Crippen LogP contribution >= 0.6 is 11.6 Å². The molecule has 0 aliphatic heterocycles. The number of nitrogens with zero attached hydrogens (tertiary/aromatic N) is 5. The second-order valence-electron chi connectivity index (χ2n) is 7.21. The number of fused-ring (bicyclic) bond motifs is 1. The first-order valence-corrected chi connectivity index (χ1v) is 9.85. The number of benzene rings is 1. The van der Waals surface area contributed by atoms with Crippen LogP contribution in [0.3, 0.4) is 0 Å². The number of nitrogens with one attached hydrogen (secondary N) is 1. The number of alkyl halides is 5. The first-order chi connectivity index (χ1) is 15.9. The van der Waals surface area contributed by atoms with Gasteiger partial charge in [0.1, 0.15) is 11.5 Å². The molecule has 0 bridgehead atoms. The van der Waals surface area contributed by atoms with Crippen LogP contribution in [0.4, 0.5) is 32.2 Å². The summed E-state index contributed by atoms with van der Waals surface area (Å²) in [7, 11) is 0. The molecular weight excluding hydrogens is 490 g/mol. The van der Waals surface area contributed by atoms with Gasteiger partial charge in [0.25, 0.3) is 5.91 Å². The van der Waals surface area contributed by atoms with E-state index in [0.717, 1.165) is 6.07 Å². The van der Waals surface area contributed by atoms with Crippen molar-refractivity contribution in [3.63, 3.8) is 0 Å². The molecule has 4 rings (SSSR count). The van der Waals surface area contributed by atoms with Crippen LogP contribution in [0.5, 0.6) is 0 Å². The molecule has 0 fully saturated rings. The Kier molecular flexibility index (Phi) is 5.75. The molecule has 1 amide bonds. The summed E-state index contributed by atoms with van der Waals surface area (Å²) in [6.07, 6.45) is -4.45. The number of hydrogen-bond donors (Lipinski definition) is 1. The Morgan fingerprint density at radius 3 is 2.53 bits per heavy atom. The lowest BCUT2D eigenvalue weighted by atomic mass is 10.2. The van der Waals surface area contributed by atoms with E-state index in [4.69, 9.17) is 11.6 Å². The third-order valence-electron chi connectivity index (χ3n) is 4.73. The van der Waals surface area contributed by atoms with Gasteiger partial charge >= 0.3 is 12.1 Å². The van der Waals surface area contributed by atoms with E-state index >= 15 is 0 Å². The lowest BCUT2D eigenvalue weighted by Crippen LogP contribution is -2.36.